The lowest BCUT2D eigenvalue weighted by molar-refractivity contribution is 1.57. The van der Waals surface area contributed by atoms with Gasteiger partial charge in [0, 0.05) is 0 Å². The van der Waals surface area contributed by atoms with E-state index < -0.39 is 0 Å². The molecule has 0 fully saturated rings. The molecule has 0 radical (unpaired) electrons. The van der Waals surface area contributed by atoms with Gasteiger partial charge in [0.15, 0.2) is 0 Å². The van der Waals surface area contributed by atoms with Gasteiger partial charge < -0.3 is 0 Å². The number of thioether (sulfide) groups is 2. The van der Waals surface area contributed by atoms with Gasteiger partial charge in [0.1, 0.15) is 10.8 Å². The Bertz CT molecular complexity index is 144. The summed E-state index contributed by atoms with van der Waals surface area (Å²) in [5.41, 5.74) is 0. The third kappa shape index (κ3) is 3.60. The molecule has 0 unspecified atom stereocenters. The largest absolute Gasteiger partial charge is 0.185 e. The number of nitrogens with zero attached hydrogens (tertiary/aromatic N) is 2. The van der Waals surface area contributed by atoms with Crippen molar-refractivity contribution in [1.29, 1.82) is 10.5 Å². The Kier molecular flexibility index (Phi) is 4.24. The zero-order chi connectivity index (χ0) is 6.41. The normalized spacial score (nSPS) is 6.75. The fourth-order valence-corrected chi connectivity index (χ4v) is 0.717. The zero-order valence-corrected chi connectivity index (χ0v) is 5.55. The quantitative estimate of drug-likeness (QED) is 0.552. The van der Waals surface area contributed by atoms with Gasteiger partial charge in [0.05, 0.1) is 4.24 Å². The van der Waals surface area contributed by atoms with Crippen molar-refractivity contribution >= 4 is 23.5 Å². The minimum Gasteiger partial charge on any atom is -0.185 e. The summed E-state index contributed by atoms with van der Waals surface area (Å²) in [6.45, 7) is 3.42. The van der Waals surface area contributed by atoms with Gasteiger partial charge >= 0.3 is 0 Å². The lowest BCUT2D eigenvalue weighted by Gasteiger charge is -1.82. The summed E-state index contributed by atoms with van der Waals surface area (Å²) in [5.74, 6) is 0. The summed E-state index contributed by atoms with van der Waals surface area (Å²) < 4.78 is 0.523. The van der Waals surface area contributed by atoms with Crippen molar-refractivity contribution in [3.05, 3.63) is 10.8 Å². The second-order valence-corrected chi connectivity index (χ2v) is 2.78. The number of rotatable bonds is 2. The van der Waals surface area contributed by atoms with Gasteiger partial charge in [0.25, 0.3) is 0 Å². The van der Waals surface area contributed by atoms with Crippen LogP contribution in [0.5, 0.6) is 0 Å². The standard InChI is InChI=1S/C4H2N2S2/c1-4(7-2-5)8-3-6/h1H2. The Balaban J connectivity index is 3.41. The summed E-state index contributed by atoms with van der Waals surface area (Å²) in [6.07, 6.45) is 0. The van der Waals surface area contributed by atoms with E-state index >= 15 is 0 Å². The second-order valence-electron chi connectivity index (χ2n) is 0.759. The van der Waals surface area contributed by atoms with E-state index in [1.54, 1.807) is 10.8 Å². The molecule has 0 aromatic heterocycles. The van der Waals surface area contributed by atoms with E-state index in [0.29, 0.717) is 4.24 Å². The number of thiocyanates is 2. The SMILES string of the molecule is C=C(SC#N)SC#N. The van der Waals surface area contributed by atoms with Crippen molar-refractivity contribution in [1.82, 2.24) is 0 Å². The monoisotopic (exact) mass is 142 g/mol. The molecular weight excluding hydrogens is 140 g/mol. The van der Waals surface area contributed by atoms with Crippen LogP contribution in [-0.2, 0) is 0 Å². The van der Waals surface area contributed by atoms with Crippen molar-refractivity contribution in [3.63, 3.8) is 0 Å². The topological polar surface area (TPSA) is 47.6 Å². The average Bonchev–Trinajstić information content (AvgIpc) is 1.68. The number of hydrogen-bond acceptors (Lipinski definition) is 4. The van der Waals surface area contributed by atoms with Crippen molar-refractivity contribution in [2.45, 2.75) is 0 Å². The maximum absolute atomic E-state index is 7.99. The lowest BCUT2D eigenvalue weighted by atomic mass is 11.3. The average molecular weight is 142 g/mol. The molecule has 0 aromatic carbocycles. The van der Waals surface area contributed by atoms with Crippen LogP contribution in [0.3, 0.4) is 0 Å². The van der Waals surface area contributed by atoms with Crippen molar-refractivity contribution in [2.75, 3.05) is 0 Å². The van der Waals surface area contributed by atoms with Crippen LogP contribution in [0.25, 0.3) is 0 Å². The Morgan fingerprint density at radius 1 is 1.25 bits per heavy atom. The Morgan fingerprint density at radius 3 is 1.88 bits per heavy atom. The Morgan fingerprint density at radius 2 is 1.62 bits per heavy atom. The second kappa shape index (κ2) is 4.58. The van der Waals surface area contributed by atoms with E-state index in [1.807, 2.05) is 0 Å². The molecule has 0 heterocycles. The van der Waals surface area contributed by atoms with E-state index in [-0.39, 0.29) is 0 Å². The molecule has 2 nitrogen and oxygen atoms in total. The van der Waals surface area contributed by atoms with E-state index in [4.69, 9.17) is 10.5 Å². The molecule has 0 bridgehead atoms. The van der Waals surface area contributed by atoms with Crippen molar-refractivity contribution in [2.24, 2.45) is 0 Å². The van der Waals surface area contributed by atoms with Gasteiger partial charge in [0.2, 0.25) is 0 Å². The van der Waals surface area contributed by atoms with Gasteiger partial charge in [-0.15, -0.1) is 0 Å². The minimum atomic E-state index is 0.523. The van der Waals surface area contributed by atoms with Crippen LogP contribution >= 0.6 is 23.5 Å². The number of hydrogen-bond donors (Lipinski definition) is 0. The molecule has 0 aliphatic rings. The highest BCUT2D eigenvalue weighted by molar-refractivity contribution is 8.26. The summed E-state index contributed by atoms with van der Waals surface area (Å²) >= 11 is 1.81. The summed E-state index contributed by atoms with van der Waals surface area (Å²) in [6, 6.07) is 0. The molecule has 0 N–H and O–H groups in total. The van der Waals surface area contributed by atoms with Crippen LogP contribution in [0.2, 0.25) is 0 Å². The zero-order valence-electron chi connectivity index (χ0n) is 3.92. The van der Waals surface area contributed by atoms with Gasteiger partial charge in [-0.1, -0.05) is 6.58 Å². The molecule has 0 atom stereocenters. The first-order valence-corrected chi connectivity index (χ1v) is 3.25. The van der Waals surface area contributed by atoms with Gasteiger partial charge in [-0.25, -0.2) is 0 Å². The van der Waals surface area contributed by atoms with Gasteiger partial charge in [-0.2, -0.15) is 10.5 Å². The molecule has 0 aliphatic carbocycles. The molecule has 0 saturated carbocycles. The summed E-state index contributed by atoms with van der Waals surface area (Å²) in [5, 5.41) is 19.6. The van der Waals surface area contributed by atoms with Gasteiger partial charge in [-0.3, -0.25) is 0 Å². The Labute approximate surface area is 56.2 Å². The van der Waals surface area contributed by atoms with Crippen molar-refractivity contribution in [3.8, 4) is 10.8 Å². The molecule has 8 heavy (non-hydrogen) atoms. The van der Waals surface area contributed by atoms with Crippen LogP contribution in [-0.4, -0.2) is 0 Å². The smallest absolute Gasteiger partial charge is 0.139 e. The Hall–Kier alpha value is -0.580. The first kappa shape index (κ1) is 7.42. The molecule has 0 aliphatic heterocycles. The lowest BCUT2D eigenvalue weighted by Crippen LogP contribution is -1.54. The van der Waals surface area contributed by atoms with Crippen molar-refractivity contribution < 1.29 is 0 Å². The molecule has 0 rings (SSSR count). The van der Waals surface area contributed by atoms with Crippen LogP contribution in [0, 0.1) is 21.3 Å². The summed E-state index contributed by atoms with van der Waals surface area (Å²) in [7, 11) is 0. The molecule has 0 spiro atoms. The maximum atomic E-state index is 7.99. The van der Waals surface area contributed by atoms with Crippen LogP contribution < -0.4 is 0 Å². The molecule has 0 aromatic rings. The first-order valence-electron chi connectivity index (χ1n) is 1.62. The van der Waals surface area contributed by atoms with Crippen LogP contribution in [0.1, 0.15) is 0 Å². The summed E-state index contributed by atoms with van der Waals surface area (Å²) in [4.78, 5) is 0. The first-order chi connectivity index (χ1) is 3.81. The maximum Gasteiger partial charge on any atom is 0.139 e. The van der Waals surface area contributed by atoms with E-state index in [9.17, 15) is 0 Å². The van der Waals surface area contributed by atoms with E-state index in [0.717, 1.165) is 23.5 Å². The molecule has 0 saturated heterocycles. The minimum absolute atomic E-state index is 0.523. The van der Waals surface area contributed by atoms with Crippen LogP contribution in [0.4, 0.5) is 0 Å². The molecule has 4 heteroatoms. The highest BCUT2D eigenvalue weighted by atomic mass is 32.2. The predicted octanol–water partition coefficient (Wildman–Crippen LogP) is 1.89. The highest BCUT2D eigenvalue weighted by Gasteiger charge is 1.90. The van der Waals surface area contributed by atoms with Gasteiger partial charge in [-0.05, 0) is 23.5 Å². The van der Waals surface area contributed by atoms with E-state index in [1.165, 1.54) is 0 Å². The van der Waals surface area contributed by atoms with E-state index in [2.05, 4.69) is 6.58 Å². The molecular formula is C4H2N2S2. The fourth-order valence-electron chi connectivity index (χ4n) is 0.123. The highest BCUT2D eigenvalue weighted by Crippen LogP contribution is 2.23. The predicted molar refractivity (Wildman–Crippen MR) is 35.5 cm³/mol. The third-order valence-electron chi connectivity index (χ3n) is 0.319. The number of nitriles is 2. The third-order valence-corrected chi connectivity index (χ3v) is 1.46. The fraction of sp³-hybridized carbons (Fsp3) is 0. The molecule has 40 valence electrons. The van der Waals surface area contributed by atoms with Crippen LogP contribution in [0.15, 0.2) is 10.8 Å². The molecule has 0 amide bonds.